The van der Waals surface area contributed by atoms with Gasteiger partial charge in [0.05, 0.1) is 0 Å². The van der Waals surface area contributed by atoms with E-state index in [2.05, 4.69) is 34.3 Å². The number of piperidine rings is 1. The molecule has 0 spiro atoms. The van der Waals surface area contributed by atoms with Crippen molar-refractivity contribution in [3.63, 3.8) is 0 Å². The summed E-state index contributed by atoms with van der Waals surface area (Å²) in [5, 5.41) is 11.2. The van der Waals surface area contributed by atoms with E-state index in [1.54, 1.807) is 0 Å². The molecule has 1 N–H and O–H groups in total. The Bertz CT molecular complexity index is 498. The molecule has 1 aliphatic rings. The molecule has 1 saturated heterocycles. The summed E-state index contributed by atoms with van der Waals surface area (Å²) in [6.07, 6.45) is 5.08. The van der Waals surface area contributed by atoms with Crippen LogP contribution in [0.25, 0.3) is 0 Å². The average Bonchev–Trinajstić information content (AvgIpc) is 2.56. The number of hydrogen-bond acceptors (Lipinski definition) is 4. The molecule has 1 aromatic rings. The molecule has 23 heavy (non-hydrogen) atoms. The minimum Gasteiger partial charge on any atom is -0.355 e. The van der Waals surface area contributed by atoms with Crippen LogP contribution in [-0.4, -0.2) is 29.2 Å². The first kappa shape index (κ1) is 17.7. The van der Waals surface area contributed by atoms with Gasteiger partial charge in [0.25, 0.3) is 0 Å². The highest BCUT2D eigenvalue weighted by Crippen LogP contribution is 2.27. The van der Waals surface area contributed by atoms with Gasteiger partial charge in [0.1, 0.15) is 0 Å². The van der Waals surface area contributed by atoms with Crippen LogP contribution in [0.1, 0.15) is 54.8 Å². The Labute approximate surface area is 141 Å². The number of nitrogens with one attached hydrogen (secondary N) is 1. The molecule has 1 fully saturated rings. The van der Waals surface area contributed by atoms with Crippen molar-refractivity contribution in [2.45, 2.75) is 53.4 Å². The molecule has 2 rings (SSSR count). The molecule has 1 unspecified atom stereocenters. The van der Waals surface area contributed by atoms with Crippen LogP contribution in [0.5, 0.6) is 0 Å². The number of carbonyl (C=O) groups excluding carboxylic acids is 1. The molecule has 1 aromatic heterocycles. The van der Waals surface area contributed by atoms with Crippen LogP contribution in [0.3, 0.4) is 0 Å². The van der Waals surface area contributed by atoms with Crippen molar-refractivity contribution in [2.24, 2.45) is 17.8 Å². The van der Waals surface area contributed by atoms with Crippen molar-refractivity contribution in [1.29, 1.82) is 0 Å². The first-order valence-electron chi connectivity index (χ1n) is 8.89. The van der Waals surface area contributed by atoms with Gasteiger partial charge < -0.3 is 10.2 Å². The fourth-order valence-corrected chi connectivity index (χ4v) is 2.96. The minimum absolute atomic E-state index is 0. The van der Waals surface area contributed by atoms with E-state index in [0.29, 0.717) is 5.82 Å². The van der Waals surface area contributed by atoms with Crippen LogP contribution in [0.15, 0.2) is 12.1 Å². The van der Waals surface area contributed by atoms with Crippen LogP contribution in [0.4, 0.5) is 11.6 Å². The molecule has 1 atom stereocenters. The van der Waals surface area contributed by atoms with Crippen molar-refractivity contribution < 1.29 is 6.22 Å². The van der Waals surface area contributed by atoms with Gasteiger partial charge in [0.15, 0.2) is 11.6 Å². The molecule has 2 heterocycles. The first-order valence-corrected chi connectivity index (χ1v) is 8.89. The molecule has 5 nitrogen and oxygen atoms in total. The SMILES string of the molecule is CCC(C)CC1CCN(c2ccc(NC(=O)C(C)C)nn2)CC1.[HH]. The maximum Gasteiger partial charge on any atom is 0.228 e. The van der Waals surface area contributed by atoms with Crippen molar-refractivity contribution in [3.8, 4) is 0 Å². The highest BCUT2D eigenvalue weighted by Gasteiger charge is 2.21. The maximum atomic E-state index is 11.7. The molecule has 5 heteroatoms. The zero-order valence-electron chi connectivity index (χ0n) is 14.9. The van der Waals surface area contributed by atoms with E-state index in [0.717, 1.165) is 30.7 Å². The number of aromatic nitrogens is 2. The third-order valence-corrected chi connectivity index (χ3v) is 4.80. The topological polar surface area (TPSA) is 58.1 Å². The maximum absolute atomic E-state index is 11.7. The third kappa shape index (κ3) is 5.19. The summed E-state index contributed by atoms with van der Waals surface area (Å²) in [6, 6.07) is 3.80. The lowest BCUT2D eigenvalue weighted by Crippen LogP contribution is -2.34. The summed E-state index contributed by atoms with van der Waals surface area (Å²) in [7, 11) is 0. The van der Waals surface area contributed by atoms with Gasteiger partial charge >= 0.3 is 0 Å². The Hall–Kier alpha value is -1.65. The quantitative estimate of drug-likeness (QED) is 0.861. The summed E-state index contributed by atoms with van der Waals surface area (Å²) < 4.78 is 0. The second-order valence-corrected chi connectivity index (χ2v) is 7.10. The van der Waals surface area contributed by atoms with Crippen LogP contribution in [-0.2, 0) is 4.79 Å². The van der Waals surface area contributed by atoms with Gasteiger partial charge in [-0.15, -0.1) is 10.2 Å². The van der Waals surface area contributed by atoms with E-state index in [-0.39, 0.29) is 13.3 Å². The number of nitrogens with zero attached hydrogens (tertiary/aromatic N) is 3. The number of carbonyl (C=O) groups is 1. The van der Waals surface area contributed by atoms with Gasteiger partial charge in [-0.1, -0.05) is 34.1 Å². The third-order valence-electron chi connectivity index (χ3n) is 4.80. The highest BCUT2D eigenvalue weighted by atomic mass is 16.1. The van der Waals surface area contributed by atoms with Gasteiger partial charge in [-0.05, 0) is 43.2 Å². The predicted molar refractivity (Wildman–Crippen MR) is 96.6 cm³/mol. The van der Waals surface area contributed by atoms with E-state index >= 15 is 0 Å². The Morgan fingerprint density at radius 2 is 2.00 bits per heavy atom. The molecule has 1 aliphatic heterocycles. The zero-order chi connectivity index (χ0) is 16.8. The monoisotopic (exact) mass is 320 g/mol. The van der Waals surface area contributed by atoms with E-state index < -0.39 is 0 Å². The Morgan fingerprint density at radius 1 is 1.30 bits per heavy atom. The van der Waals surface area contributed by atoms with E-state index in [1.807, 2.05) is 26.0 Å². The summed E-state index contributed by atoms with van der Waals surface area (Å²) in [4.78, 5) is 14.0. The normalized spacial score (nSPS) is 17.3. The van der Waals surface area contributed by atoms with Gasteiger partial charge in [-0.3, -0.25) is 4.79 Å². The fraction of sp³-hybridized carbons (Fsp3) is 0.722. The van der Waals surface area contributed by atoms with Gasteiger partial charge in [0, 0.05) is 20.4 Å². The summed E-state index contributed by atoms with van der Waals surface area (Å²) in [5.74, 6) is 3.03. The average molecular weight is 320 g/mol. The van der Waals surface area contributed by atoms with Crippen LogP contribution in [0, 0.1) is 17.8 Å². The molecule has 0 aromatic carbocycles. The minimum atomic E-state index is -0.0546. The largest absolute Gasteiger partial charge is 0.355 e. The molecule has 130 valence electrons. The zero-order valence-corrected chi connectivity index (χ0v) is 14.9. The Balaban J connectivity index is 0.00000288. The molecular formula is C18H32N4O. The van der Waals surface area contributed by atoms with Crippen molar-refractivity contribution >= 4 is 17.5 Å². The van der Waals surface area contributed by atoms with Gasteiger partial charge in [-0.2, -0.15) is 0 Å². The van der Waals surface area contributed by atoms with Crippen molar-refractivity contribution in [3.05, 3.63) is 12.1 Å². The van der Waals surface area contributed by atoms with Crippen LogP contribution >= 0.6 is 0 Å². The van der Waals surface area contributed by atoms with E-state index in [4.69, 9.17) is 0 Å². The second kappa shape index (κ2) is 8.27. The standard InChI is InChI=1S/C18H30N4O.H2/c1-5-14(4)12-15-8-10-22(11-9-15)17-7-6-16(20-21-17)19-18(23)13(2)3;/h6-7,13-15H,5,8-12H2,1-4H3,(H,19,20,23);1H. The van der Waals surface area contributed by atoms with Gasteiger partial charge in [-0.25, -0.2) is 0 Å². The first-order chi connectivity index (χ1) is 11.0. The van der Waals surface area contributed by atoms with Crippen LogP contribution < -0.4 is 10.2 Å². The summed E-state index contributed by atoms with van der Waals surface area (Å²) in [5.41, 5.74) is 0. The molecule has 0 radical (unpaired) electrons. The Morgan fingerprint density at radius 3 is 2.52 bits per heavy atom. The van der Waals surface area contributed by atoms with Crippen LogP contribution in [0.2, 0.25) is 0 Å². The van der Waals surface area contributed by atoms with Crippen molar-refractivity contribution in [2.75, 3.05) is 23.3 Å². The molecule has 1 amide bonds. The second-order valence-electron chi connectivity index (χ2n) is 7.10. The van der Waals surface area contributed by atoms with E-state index in [9.17, 15) is 4.79 Å². The summed E-state index contributed by atoms with van der Waals surface area (Å²) >= 11 is 0. The highest BCUT2D eigenvalue weighted by molar-refractivity contribution is 5.91. The molecular weight excluding hydrogens is 288 g/mol. The Kier molecular flexibility index (Phi) is 6.37. The lowest BCUT2D eigenvalue weighted by molar-refractivity contribution is -0.118. The lowest BCUT2D eigenvalue weighted by atomic mass is 9.87. The summed E-state index contributed by atoms with van der Waals surface area (Å²) in [6.45, 7) is 10.4. The number of rotatable bonds is 6. The lowest BCUT2D eigenvalue weighted by Gasteiger charge is -2.33. The number of hydrogen-bond donors (Lipinski definition) is 1. The molecule has 0 saturated carbocycles. The number of amides is 1. The number of anilines is 2. The molecule has 0 aliphatic carbocycles. The predicted octanol–water partition coefficient (Wildman–Crippen LogP) is 3.97. The fourth-order valence-electron chi connectivity index (χ4n) is 2.96. The molecule has 0 bridgehead atoms. The van der Waals surface area contributed by atoms with Gasteiger partial charge in [0.2, 0.25) is 5.91 Å². The van der Waals surface area contributed by atoms with Crippen molar-refractivity contribution in [1.82, 2.24) is 10.2 Å². The smallest absolute Gasteiger partial charge is 0.228 e. The van der Waals surface area contributed by atoms with E-state index in [1.165, 1.54) is 25.7 Å².